The number of aryl methyl sites for hydroxylation is 1. The number of hydrogen-bond acceptors (Lipinski definition) is 6. The lowest BCUT2D eigenvalue weighted by molar-refractivity contribution is 0.300. The second kappa shape index (κ2) is 6.55. The molecule has 7 heteroatoms. The summed E-state index contributed by atoms with van der Waals surface area (Å²) < 4.78 is 1.74. The monoisotopic (exact) mass is 340 g/mol. The van der Waals surface area contributed by atoms with E-state index in [9.17, 15) is 4.79 Å². The van der Waals surface area contributed by atoms with Crippen molar-refractivity contribution >= 4 is 5.82 Å². The zero-order valence-electron chi connectivity index (χ0n) is 14.8. The summed E-state index contributed by atoms with van der Waals surface area (Å²) in [6.45, 7) is 10.1. The minimum absolute atomic E-state index is 0.0253. The van der Waals surface area contributed by atoms with Crippen LogP contribution in [0.15, 0.2) is 29.7 Å². The summed E-state index contributed by atoms with van der Waals surface area (Å²) in [6.07, 6.45) is 6.48. The number of anilines is 1. The second-order valence-electron chi connectivity index (χ2n) is 7.20. The molecule has 2 saturated heterocycles. The van der Waals surface area contributed by atoms with Gasteiger partial charge in [0.05, 0.1) is 6.20 Å². The third-order valence-electron chi connectivity index (χ3n) is 5.63. The summed E-state index contributed by atoms with van der Waals surface area (Å²) in [6, 6.07) is 0. The second-order valence-corrected chi connectivity index (χ2v) is 7.20. The van der Waals surface area contributed by atoms with E-state index in [1.807, 2.05) is 6.92 Å². The molecule has 4 heterocycles. The molecule has 2 aromatic heterocycles. The molecule has 0 saturated carbocycles. The van der Waals surface area contributed by atoms with E-state index in [0.717, 1.165) is 50.8 Å². The molecule has 2 aliphatic heterocycles. The van der Waals surface area contributed by atoms with Crippen molar-refractivity contribution in [1.82, 2.24) is 24.4 Å². The van der Waals surface area contributed by atoms with Crippen LogP contribution in [0.3, 0.4) is 0 Å². The van der Waals surface area contributed by atoms with E-state index in [0.29, 0.717) is 11.8 Å². The van der Waals surface area contributed by atoms with Crippen LogP contribution in [0.25, 0.3) is 0 Å². The lowest BCUT2D eigenvalue weighted by atomic mass is 10.0. The van der Waals surface area contributed by atoms with E-state index in [1.165, 1.54) is 11.8 Å². The molecule has 0 radical (unpaired) electrons. The Kier molecular flexibility index (Phi) is 4.25. The highest BCUT2D eigenvalue weighted by molar-refractivity contribution is 5.48. The predicted molar refractivity (Wildman–Crippen MR) is 95.6 cm³/mol. The maximum absolute atomic E-state index is 11.7. The van der Waals surface area contributed by atoms with Crippen LogP contribution in [0.4, 0.5) is 5.82 Å². The highest BCUT2D eigenvalue weighted by Crippen LogP contribution is 2.34. The lowest BCUT2D eigenvalue weighted by Gasteiger charge is -2.23. The molecule has 25 heavy (non-hydrogen) atoms. The molecule has 0 bridgehead atoms. The molecule has 2 aromatic rings. The molecule has 2 unspecified atom stereocenters. The molecular formula is C18H24N6O. The van der Waals surface area contributed by atoms with Gasteiger partial charge in [-0.05, 0) is 25.7 Å². The first kappa shape index (κ1) is 16.2. The fraction of sp³-hybridized carbons (Fsp3) is 0.556. The van der Waals surface area contributed by atoms with Gasteiger partial charge in [-0.3, -0.25) is 9.78 Å². The third-order valence-corrected chi connectivity index (χ3v) is 5.63. The minimum Gasteiger partial charge on any atom is -0.356 e. The van der Waals surface area contributed by atoms with Gasteiger partial charge < -0.3 is 14.4 Å². The van der Waals surface area contributed by atoms with Crippen molar-refractivity contribution in [3.8, 4) is 0 Å². The lowest BCUT2D eigenvalue weighted by Crippen LogP contribution is -2.33. The maximum atomic E-state index is 11.7. The summed E-state index contributed by atoms with van der Waals surface area (Å²) in [5, 5.41) is 0. The highest BCUT2D eigenvalue weighted by Gasteiger charge is 2.40. The van der Waals surface area contributed by atoms with Crippen molar-refractivity contribution in [2.24, 2.45) is 11.8 Å². The Labute approximate surface area is 147 Å². The summed E-state index contributed by atoms with van der Waals surface area (Å²) in [7, 11) is 0. The zero-order valence-corrected chi connectivity index (χ0v) is 14.8. The summed E-state index contributed by atoms with van der Waals surface area (Å²) in [4.78, 5) is 29.3. The first-order valence-corrected chi connectivity index (χ1v) is 8.88. The average molecular weight is 340 g/mol. The van der Waals surface area contributed by atoms with Crippen LogP contribution in [0.1, 0.15) is 11.3 Å². The van der Waals surface area contributed by atoms with Crippen LogP contribution in [-0.4, -0.2) is 57.1 Å². The van der Waals surface area contributed by atoms with Gasteiger partial charge in [-0.1, -0.05) is 0 Å². The Morgan fingerprint density at radius 1 is 1.08 bits per heavy atom. The van der Waals surface area contributed by atoms with Gasteiger partial charge in [0.25, 0.3) is 5.56 Å². The van der Waals surface area contributed by atoms with Crippen molar-refractivity contribution < 1.29 is 0 Å². The smallest absolute Gasteiger partial charge is 0.269 e. The summed E-state index contributed by atoms with van der Waals surface area (Å²) >= 11 is 0. The molecule has 0 aromatic carbocycles. The van der Waals surface area contributed by atoms with Crippen molar-refractivity contribution in [3.05, 3.63) is 46.5 Å². The van der Waals surface area contributed by atoms with Crippen LogP contribution < -0.4 is 10.5 Å². The van der Waals surface area contributed by atoms with E-state index in [2.05, 4.69) is 31.7 Å². The van der Waals surface area contributed by atoms with E-state index < -0.39 is 0 Å². The quantitative estimate of drug-likeness (QED) is 0.817. The van der Waals surface area contributed by atoms with Gasteiger partial charge in [-0.2, -0.15) is 0 Å². The van der Waals surface area contributed by atoms with Crippen LogP contribution in [0, 0.1) is 25.7 Å². The predicted octanol–water partition coefficient (Wildman–Crippen LogP) is 0.718. The standard InChI is InChI=1S/C18H24N6O/c1-13-14(2)20-12-21-18(13)24-10-15-8-22(9-16(15)11-24)5-6-23-4-3-19-7-17(23)25/h3-4,7,12,15-16H,5-6,8-11H2,1-2H3. The van der Waals surface area contributed by atoms with Crippen LogP contribution in [0.2, 0.25) is 0 Å². The molecule has 2 fully saturated rings. The number of fused-ring (bicyclic) bond motifs is 1. The fourth-order valence-electron chi connectivity index (χ4n) is 4.10. The molecule has 2 aliphatic rings. The van der Waals surface area contributed by atoms with Gasteiger partial charge in [0.1, 0.15) is 12.1 Å². The zero-order chi connectivity index (χ0) is 17.4. The van der Waals surface area contributed by atoms with E-state index in [-0.39, 0.29) is 5.56 Å². The van der Waals surface area contributed by atoms with Crippen molar-refractivity contribution in [2.75, 3.05) is 37.6 Å². The molecule has 0 N–H and O–H groups in total. The van der Waals surface area contributed by atoms with Crippen molar-refractivity contribution in [3.63, 3.8) is 0 Å². The Morgan fingerprint density at radius 3 is 2.56 bits per heavy atom. The molecule has 0 amide bonds. The van der Waals surface area contributed by atoms with Gasteiger partial charge in [0.15, 0.2) is 0 Å². The summed E-state index contributed by atoms with van der Waals surface area (Å²) in [5.74, 6) is 2.46. The van der Waals surface area contributed by atoms with E-state index in [4.69, 9.17) is 0 Å². The molecule has 7 nitrogen and oxygen atoms in total. The first-order chi connectivity index (χ1) is 12.1. The van der Waals surface area contributed by atoms with Gasteiger partial charge in [-0.25, -0.2) is 9.97 Å². The Balaban J connectivity index is 1.35. The molecular weight excluding hydrogens is 316 g/mol. The molecule has 0 aliphatic carbocycles. The van der Waals surface area contributed by atoms with Gasteiger partial charge in [0.2, 0.25) is 0 Å². The van der Waals surface area contributed by atoms with Gasteiger partial charge in [0, 0.05) is 62.9 Å². The van der Waals surface area contributed by atoms with Crippen molar-refractivity contribution in [1.29, 1.82) is 0 Å². The van der Waals surface area contributed by atoms with Crippen LogP contribution in [0.5, 0.6) is 0 Å². The average Bonchev–Trinajstić information content (AvgIpc) is 3.15. The van der Waals surface area contributed by atoms with E-state index >= 15 is 0 Å². The topological polar surface area (TPSA) is 67.2 Å². The minimum atomic E-state index is -0.0253. The normalized spacial score (nSPS) is 23.2. The number of rotatable bonds is 4. The number of aromatic nitrogens is 4. The number of hydrogen-bond donors (Lipinski definition) is 0. The van der Waals surface area contributed by atoms with Crippen LogP contribution >= 0.6 is 0 Å². The Morgan fingerprint density at radius 2 is 1.84 bits per heavy atom. The molecule has 4 rings (SSSR count). The van der Waals surface area contributed by atoms with E-state index in [1.54, 1.807) is 23.3 Å². The Hall–Kier alpha value is -2.28. The molecule has 0 spiro atoms. The van der Waals surface area contributed by atoms with Gasteiger partial charge in [-0.15, -0.1) is 0 Å². The number of nitrogens with zero attached hydrogens (tertiary/aromatic N) is 6. The maximum Gasteiger partial charge on any atom is 0.269 e. The first-order valence-electron chi connectivity index (χ1n) is 8.88. The fourth-order valence-corrected chi connectivity index (χ4v) is 4.10. The van der Waals surface area contributed by atoms with Crippen molar-refractivity contribution in [2.45, 2.75) is 20.4 Å². The summed E-state index contributed by atoms with van der Waals surface area (Å²) in [5.41, 5.74) is 2.23. The largest absolute Gasteiger partial charge is 0.356 e. The van der Waals surface area contributed by atoms with Crippen LogP contribution in [-0.2, 0) is 6.54 Å². The molecule has 2 atom stereocenters. The third kappa shape index (κ3) is 3.16. The SMILES string of the molecule is Cc1ncnc(N2CC3CN(CCn4ccncc4=O)CC3C2)c1C. The Bertz CT molecular complexity index is 805. The number of likely N-dealkylation sites (tertiary alicyclic amines) is 1. The molecule has 132 valence electrons. The highest BCUT2D eigenvalue weighted by atomic mass is 16.1. The van der Waals surface area contributed by atoms with Gasteiger partial charge >= 0.3 is 0 Å².